The second-order valence-electron chi connectivity index (χ2n) is 7.29. The minimum atomic E-state index is 0.388. The van der Waals surface area contributed by atoms with E-state index in [1.165, 1.54) is 12.8 Å². The predicted octanol–water partition coefficient (Wildman–Crippen LogP) is 5.09. The first kappa shape index (κ1) is 17.0. The number of nitrogens with zero attached hydrogens (tertiary/aromatic N) is 3. The average Bonchev–Trinajstić information content (AvgIpc) is 3.19. The van der Waals surface area contributed by atoms with E-state index in [-0.39, 0.29) is 0 Å². The molecule has 2 aromatic heterocycles. The molecule has 4 rings (SSSR count). The van der Waals surface area contributed by atoms with Gasteiger partial charge in [0.15, 0.2) is 11.5 Å². The second-order valence-corrected chi connectivity index (χ2v) is 7.73. The third kappa shape index (κ3) is 2.85. The maximum absolute atomic E-state index is 9.37. The predicted molar refractivity (Wildman–Crippen MR) is 104 cm³/mol. The molecule has 0 saturated heterocycles. The van der Waals surface area contributed by atoms with Gasteiger partial charge in [-0.05, 0) is 30.4 Å². The molecule has 1 fully saturated rings. The number of H-pyrrole nitrogens is 1. The fraction of sp³-hybridized carbons (Fsp3) is 0.400. The molecule has 6 heteroatoms. The molecule has 3 atom stereocenters. The SMILES string of the molecule is C[C@@H]1[C@H](C)CCC[C@H]1Nc1c(-c2ccc(Cl)cc2)nc2c(C#N)c[nH]n12. The van der Waals surface area contributed by atoms with E-state index in [4.69, 9.17) is 16.6 Å². The first-order chi connectivity index (χ1) is 12.6. The summed E-state index contributed by atoms with van der Waals surface area (Å²) in [4.78, 5) is 4.76. The van der Waals surface area contributed by atoms with E-state index in [1.807, 2.05) is 28.8 Å². The number of imidazole rings is 1. The van der Waals surface area contributed by atoms with Crippen molar-refractivity contribution in [3.63, 3.8) is 0 Å². The molecule has 5 nitrogen and oxygen atoms in total. The first-order valence-electron chi connectivity index (χ1n) is 9.11. The quantitative estimate of drug-likeness (QED) is 0.677. The summed E-state index contributed by atoms with van der Waals surface area (Å²) >= 11 is 6.04. The molecule has 134 valence electrons. The van der Waals surface area contributed by atoms with Crippen LogP contribution in [0, 0.1) is 23.2 Å². The van der Waals surface area contributed by atoms with Crippen LogP contribution in [0.2, 0.25) is 5.02 Å². The van der Waals surface area contributed by atoms with E-state index in [0.29, 0.717) is 34.1 Å². The number of nitrogens with one attached hydrogen (secondary N) is 2. The Morgan fingerprint density at radius 2 is 2.04 bits per heavy atom. The van der Waals surface area contributed by atoms with Gasteiger partial charge in [0.25, 0.3) is 0 Å². The lowest BCUT2D eigenvalue weighted by molar-refractivity contribution is 0.252. The molecule has 26 heavy (non-hydrogen) atoms. The van der Waals surface area contributed by atoms with Crippen molar-refractivity contribution in [1.29, 1.82) is 5.26 Å². The molecule has 1 aliphatic carbocycles. The van der Waals surface area contributed by atoms with Crippen LogP contribution in [0.4, 0.5) is 5.82 Å². The molecule has 0 radical (unpaired) electrons. The van der Waals surface area contributed by atoms with Crippen LogP contribution in [-0.2, 0) is 0 Å². The summed E-state index contributed by atoms with van der Waals surface area (Å²) in [5.41, 5.74) is 3.01. The number of fused-ring (bicyclic) bond motifs is 1. The lowest BCUT2D eigenvalue weighted by Crippen LogP contribution is -2.35. The van der Waals surface area contributed by atoms with Crippen molar-refractivity contribution < 1.29 is 0 Å². The minimum absolute atomic E-state index is 0.388. The molecule has 0 aliphatic heterocycles. The molecule has 1 saturated carbocycles. The number of hydrogen-bond acceptors (Lipinski definition) is 3. The van der Waals surface area contributed by atoms with Crippen LogP contribution < -0.4 is 5.32 Å². The van der Waals surface area contributed by atoms with Crippen LogP contribution in [-0.4, -0.2) is 20.6 Å². The number of rotatable bonds is 3. The third-order valence-corrected chi connectivity index (χ3v) is 5.98. The van der Waals surface area contributed by atoms with Gasteiger partial charge in [0.1, 0.15) is 17.3 Å². The molecule has 3 aromatic rings. The third-order valence-electron chi connectivity index (χ3n) is 5.72. The van der Waals surface area contributed by atoms with Gasteiger partial charge in [0.2, 0.25) is 0 Å². The summed E-state index contributed by atoms with van der Waals surface area (Å²) in [7, 11) is 0. The second kappa shape index (κ2) is 6.69. The zero-order valence-electron chi connectivity index (χ0n) is 15.0. The summed E-state index contributed by atoms with van der Waals surface area (Å²) in [6.45, 7) is 4.64. The van der Waals surface area contributed by atoms with Crippen LogP contribution in [0.3, 0.4) is 0 Å². The van der Waals surface area contributed by atoms with Crippen LogP contribution in [0.1, 0.15) is 38.7 Å². The van der Waals surface area contributed by atoms with E-state index < -0.39 is 0 Å². The first-order valence-corrected chi connectivity index (χ1v) is 9.48. The topological polar surface area (TPSA) is 68.9 Å². The highest BCUT2D eigenvalue weighted by Gasteiger charge is 2.29. The standard InChI is InChI=1S/C20H22ClN5/c1-12-4-3-5-17(13(12)2)24-20-18(14-6-8-16(21)9-7-14)25-19-15(10-22)11-23-26(19)20/h6-9,11-13,17,23-24H,3-5H2,1-2H3/t12-,13-,17-/m1/s1. The Kier molecular flexibility index (Phi) is 4.37. The Hall–Kier alpha value is -2.45. The Bertz CT molecular complexity index is 963. The molecular weight excluding hydrogens is 346 g/mol. The van der Waals surface area contributed by atoms with Crippen molar-refractivity contribution in [2.45, 2.75) is 39.2 Å². The zero-order chi connectivity index (χ0) is 18.3. The van der Waals surface area contributed by atoms with Gasteiger partial charge in [-0.2, -0.15) is 5.26 Å². The fourth-order valence-corrected chi connectivity index (χ4v) is 4.03. The smallest absolute Gasteiger partial charge is 0.173 e. The van der Waals surface area contributed by atoms with Gasteiger partial charge in [-0.1, -0.05) is 50.4 Å². The number of halogens is 1. The molecule has 0 bridgehead atoms. The van der Waals surface area contributed by atoms with Gasteiger partial charge in [0.05, 0.1) is 0 Å². The van der Waals surface area contributed by atoms with Crippen molar-refractivity contribution in [3.05, 3.63) is 41.0 Å². The summed E-state index contributed by atoms with van der Waals surface area (Å²) in [5, 5.41) is 17.0. The molecule has 2 heterocycles. The minimum Gasteiger partial charge on any atom is -0.365 e. The van der Waals surface area contributed by atoms with Crippen LogP contribution in [0.25, 0.3) is 16.9 Å². The molecule has 0 unspecified atom stereocenters. The molecule has 1 aliphatic rings. The number of hydrogen-bond donors (Lipinski definition) is 2. The fourth-order valence-electron chi connectivity index (χ4n) is 3.91. The maximum Gasteiger partial charge on any atom is 0.173 e. The van der Waals surface area contributed by atoms with Crippen molar-refractivity contribution in [3.8, 4) is 17.3 Å². The molecule has 0 spiro atoms. The van der Waals surface area contributed by atoms with E-state index in [0.717, 1.165) is 23.5 Å². The Morgan fingerprint density at radius 3 is 2.77 bits per heavy atom. The molecular formula is C20H22ClN5. The largest absolute Gasteiger partial charge is 0.365 e. The van der Waals surface area contributed by atoms with E-state index in [9.17, 15) is 5.26 Å². The number of anilines is 1. The molecule has 1 aromatic carbocycles. The van der Waals surface area contributed by atoms with Gasteiger partial charge >= 0.3 is 0 Å². The van der Waals surface area contributed by atoms with Crippen LogP contribution >= 0.6 is 11.6 Å². The normalized spacial score (nSPS) is 23.1. The van der Waals surface area contributed by atoms with Crippen molar-refractivity contribution >= 4 is 23.1 Å². The number of aromatic amines is 1. The Labute approximate surface area is 158 Å². The van der Waals surface area contributed by atoms with Crippen molar-refractivity contribution in [2.75, 3.05) is 5.32 Å². The van der Waals surface area contributed by atoms with E-state index in [1.54, 1.807) is 6.20 Å². The van der Waals surface area contributed by atoms with Gasteiger partial charge in [-0.3, -0.25) is 5.10 Å². The van der Waals surface area contributed by atoms with Gasteiger partial charge in [-0.15, -0.1) is 0 Å². The van der Waals surface area contributed by atoms with Gasteiger partial charge in [0, 0.05) is 22.8 Å². The average molecular weight is 368 g/mol. The number of nitriles is 1. The highest BCUT2D eigenvalue weighted by molar-refractivity contribution is 6.30. The zero-order valence-corrected chi connectivity index (χ0v) is 15.7. The van der Waals surface area contributed by atoms with Crippen molar-refractivity contribution in [2.24, 2.45) is 11.8 Å². The van der Waals surface area contributed by atoms with E-state index >= 15 is 0 Å². The van der Waals surface area contributed by atoms with Crippen molar-refractivity contribution in [1.82, 2.24) is 14.6 Å². The Balaban J connectivity index is 1.80. The lowest BCUT2D eigenvalue weighted by Gasteiger charge is -2.35. The van der Waals surface area contributed by atoms with Gasteiger partial charge in [-0.25, -0.2) is 9.50 Å². The molecule has 0 amide bonds. The van der Waals surface area contributed by atoms with Crippen LogP contribution in [0.15, 0.2) is 30.5 Å². The number of aromatic nitrogens is 3. The summed E-state index contributed by atoms with van der Waals surface area (Å²) in [6.07, 6.45) is 5.36. The summed E-state index contributed by atoms with van der Waals surface area (Å²) < 4.78 is 1.88. The monoisotopic (exact) mass is 367 g/mol. The van der Waals surface area contributed by atoms with Gasteiger partial charge < -0.3 is 5.32 Å². The lowest BCUT2D eigenvalue weighted by atomic mass is 9.78. The highest BCUT2D eigenvalue weighted by atomic mass is 35.5. The number of benzene rings is 1. The summed E-state index contributed by atoms with van der Waals surface area (Å²) in [5.74, 6) is 2.19. The Morgan fingerprint density at radius 1 is 1.27 bits per heavy atom. The van der Waals surface area contributed by atoms with Crippen LogP contribution in [0.5, 0.6) is 0 Å². The molecule has 2 N–H and O–H groups in total. The van der Waals surface area contributed by atoms with E-state index in [2.05, 4.69) is 30.3 Å². The summed E-state index contributed by atoms with van der Waals surface area (Å²) in [6, 6.07) is 10.3. The maximum atomic E-state index is 9.37. The highest BCUT2D eigenvalue weighted by Crippen LogP contribution is 2.35.